The number of hydrogen-bond donors (Lipinski definition) is 1. The largest absolute Gasteiger partial charge is 0.453 e. The number of amides is 1. The van der Waals surface area contributed by atoms with Crippen molar-refractivity contribution in [3.63, 3.8) is 0 Å². The second-order valence-corrected chi connectivity index (χ2v) is 8.40. The van der Waals surface area contributed by atoms with Crippen molar-refractivity contribution >= 4 is 40.2 Å². The van der Waals surface area contributed by atoms with Gasteiger partial charge < -0.3 is 10.1 Å². The fraction of sp³-hybridized carbons (Fsp3) is 0.143. The Morgan fingerprint density at radius 1 is 1.21 bits per heavy atom. The number of fused-ring (bicyclic) bond motifs is 6. The Hall–Kier alpha value is -2.83. The Labute approximate surface area is 170 Å². The number of ether oxygens (including phenoxy) is 1. The second-order valence-electron chi connectivity index (χ2n) is 7.02. The summed E-state index contributed by atoms with van der Waals surface area (Å²) in [5.41, 5.74) is 2.03. The van der Waals surface area contributed by atoms with E-state index in [1.54, 1.807) is 23.5 Å². The van der Waals surface area contributed by atoms with Crippen molar-refractivity contribution < 1.29 is 9.53 Å². The molecular formula is C21H14ClN3O2S. The van der Waals surface area contributed by atoms with E-state index in [4.69, 9.17) is 21.4 Å². The highest BCUT2D eigenvalue weighted by Gasteiger charge is 2.60. The van der Waals surface area contributed by atoms with Gasteiger partial charge in [-0.05, 0) is 35.7 Å². The van der Waals surface area contributed by atoms with Crippen molar-refractivity contribution in [3.8, 4) is 5.75 Å². The van der Waals surface area contributed by atoms with E-state index in [1.807, 2.05) is 46.8 Å². The van der Waals surface area contributed by atoms with Crippen LogP contribution in [0.25, 0.3) is 0 Å². The van der Waals surface area contributed by atoms with Crippen LogP contribution in [-0.2, 0) is 10.5 Å². The van der Waals surface area contributed by atoms with Gasteiger partial charge in [-0.1, -0.05) is 35.9 Å². The predicted molar refractivity (Wildman–Crippen MR) is 109 cm³/mol. The van der Waals surface area contributed by atoms with E-state index < -0.39 is 5.72 Å². The molecule has 2 atom stereocenters. The molecule has 138 valence electrons. The molecule has 1 N–H and O–H groups in total. The van der Waals surface area contributed by atoms with Crippen LogP contribution in [0.4, 0.5) is 5.69 Å². The molecule has 0 saturated carbocycles. The lowest BCUT2D eigenvalue weighted by Gasteiger charge is -2.44. The van der Waals surface area contributed by atoms with Gasteiger partial charge in [0.2, 0.25) is 0 Å². The van der Waals surface area contributed by atoms with Gasteiger partial charge in [0.15, 0.2) is 0 Å². The first-order valence-electron chi connectivity index (χ1n) is 8.97. The Balaban J connectivity index is 1.60. The molecule has 0 unspecified atom stereocenters. The number of carbonyl (C=O) groups excluding carboxylic acids is 1. The van der Waals surface area contributed by atoms with E-state index in [1.165, 1.54) is 0 Å². The van der Waals surface area contributed by atoms with Crippen molar-refractivity contribution in [3.05, 3.63) is 81.0 Å². The molecule has 7 heteroatoms. The maximum atomic E-state index is 13.3. The van der Waals surface area contributed by atoms with Crippen LogP contribution >= 0.6 is 22.9 Å². The average molecular weight is 408 g/mol. The van der Waals surface area contributed by atoms with Crippen molar-refractivity contribution in [2.24, 2.45) is 5.10 Å². The van der Waals surface area contributed by atoms with E-state index >= 15 is 0 Å². The van der Waals surface area contributed by atoms with Crippen molar-refractivity contribution in [2.75, 3.05) is 5.32 Å². The monoisotopic (exact) mass is 407 g/mol. The standard InChI is InChI=1S/C21H14ClN3O2S/c22-12-7-8-15-14(10-12)21(20(26)23-15)25-17(13-4-1-2-5-18(13)27-21)11-16(24-25)19-6-3-9-28-19/h1-10,17H,11H2,(H,23,26)/t17-,21-/m1/s1. The van der Waals surface area contributed by atoms with Crippen LogP contribution in [0.1, 0.15) is 28.5 Å². The lowest BCUT2D eigenvalue weighted by atomic mass is 9.93. The van der Waals surface area contributed by atoms with E-state index in [-0.39, 0.29) is 11.9 Å². The zero-order valence-corrected chi connectivity index (χ0v) is 16.1. The molecule has 5 nitrogen and oxygen atoms in total. The summed E-state index contributed by atoms with van der Waals surface area (Å²) < 4.78 is 6.41. The molecule has 1 spiro atoms. The van der Waals surface area contributed by atoms with Crippen LogP contribution in [-0.4, -0.2) is 16.6 Å². The summed E-state index contributed by atoms with van der Waals surface area (Å²) >= 11 is 7.93. The number of halogens is 1. The molecule has 1 aromatic heterocycles. The first kappa shape index (κ1) is 16.2. The summed E-state index contributed by atoms with van der Waals surface area (Å²) in [6.45, 7) is 0. The Morgan fingerprint density at radius 2 is 2.11 bits per heavy atom. The molecule has 6 rings (SSSR count). The topological polar surface area (TPSA) is 53.9 Å². The van der Waals surface area contributed by atoms with Gasteiger partial charge in [0, 0.05) is 17.0 Å². The van der Waals surface area contributed by atoms with Crippen LogP contribution in [0, 0.1) is 0 Å². The minimum atomic E-state index is -1.36. The summed E-state index contributed by atoms with van der Waals surface area (Å²) in [7, 11) is 0. The molecule has 3 aliphatic rings. The number of para-hydroxylation sites is 1. The number of benzene rings is 2. The molecule has 0 radical (unpaired) electrons. The minimum absolute atomic E-state index is 0.0854. The maximum absolute atomic E-state index is 13.3. The number of rotatable bonds is 1. The van der Waals surface area contributed by atoms with Crippen molar-refractivity contribution in [1.82, 2.24) is 5.01 Å². The van der Waals surface area contributed by atoms with E-state index in [2.05, 4.69) is 11.4 Å². The molecule has 0 bridgehead atoms. The zero-order valence-electron chi connectivity index (χ0n) is 14.6. The van der Waals surface area contributed by atoms with E-state index in [9.17, 15) is 4.79 Å². The van der Waals surface area contributed by atoms with Gasteiger partial charge in [-0.2, -0.15) is 5.10 Å². The van der Waals surface area contributed by atoms with Gasteiger partial charge >= 0.3 is 5.72 Å². The van der Waals surface area contributed by atoms with Crippen LogP contribution in [0.2, 0.25) is 5.02 Å². The molecule has 3 aliphatic heterocycles. The van der Waals surface area contributed by atoms with Gasteiger partial charge in [0.25, 0.3) is 5.91 Å². The molecule has 4 heterocycles. The number of hydrogen-bond acceptors (Lipinski definition) is 5. The molecule has 3 aromatic rings. The van der Waals surface area contributed by atoms with Crippen molar-refractivity contribution in [2.45, 2.75) is 18.2 Å². The second kappa shape index (κ2) is 5.59. The highest BCUT2D eigenvalue weighted by Crippen LogP contribution is 2.54. The number of nitrogens with zero attached hydrogens (tertiary/aromatic N) is 2. The molecular weight excluding hydrogens is 394 g/mol. The first-order chi connectivity index (χ1) is 13.7. The Bertz CT molecular complexity index is 1160. The number of anilines is 1. The van der Waals surface area contributed by atoms with E-state index in [0.29, 0.717) is 28.4 Å². The summed E-state index contributed by atoms with van der Waals surface area (Å²) in [5.74, 6) is 0.454. The van der Waals surface area contributed by atoms with Gasteiger partial charge in [-0.15, -0.1) is 11.3 Å². The van der Waals surface area contributed by atoms with E-state index in [0.717, 1.165) is 16.2 Å². The van der Waals surface area contributed by atoms with Gasteiger partial charge in [0.1, 0.15) is 5.75 Å². The minimum Gasteiger partial charge on any atom is -0.453 e. The first-order valence-corrected chi connectivity index (χ1v) is 10.2. The SMILES string of the molecule is O=C1Nc2ccc(Cl)cc2[C@@]12Oc1ccccc1[C@H]1CC(c3cccs3)=NN12. The molecule has 0 aliphatic carbocycles. The number of hydrazone groups is 1. The summed E-state index contributed by atoms with van der Waals surface area (Å²) in [4.78, 5) is 14.4. The van der Waals surface area contributed by atoms with Gasteiger partial charge in [-0.3, -0.25) is 4.79 Å². The smallest absolute Gasteiger partial charge is 0.306 e. The molecule has 1 amide bonds. The number of nitrogens with one attached hydrogen (secondary N) is 1. The Kier molecular flexibility index (Phi) is 3.23. The predicted octanol–water partition coefficient (Wildman–Crippen LogP) is 4.75. The third kappa shape index (κ3) is 2.02. The fourth-order valence-electron chi connectivity index (χ4n) is 4.25. The lowest BCUT2D eigenvalue weighted by molar-refractivity contribution is -0.161. The van der Waals surface area contributed by atoms with Crippen LogP contribution < -0.4 is 10.1 Å². The third-order valence-electron chi connectivity index (χ3n) is 5.48. The summed E-state index contributed by atoms with van der Waals surface area (Å²) in [6.07, 6.45) is 0.714. The maximum Gasteiger partial charge on any atom is 0.306 e. The third-order valence-corrected chi connectivity index (χ3v) is 6.63. The summed E-state index contributed by atoms with van der Waals surface area (Å²) in [6, 6.07) is 17.2. The van der Waals surface area contributed by atoms with Crippen LogP contribution in [0.3, 0.4) is 0 Å². The zero-order chi connectivity index (χ0) is 18.9. The average Bonchev–Trinajstić information content (AvgIpc) is 3.42. The molecule has 2 aromatic carbocycles. The van der Waals surface area contributed by atoms with Crippen molar-refractivity contribution in [1.29, 1.82) is 0 Å². The quantitative estimate of drug-likeness (QED) is 0.633. The molecule has 0 fully saturated rings. The molecule has 28 heavy (non-hydrogen) atoms. The molecule has 0 saturated heterocycles. The highest BCUT2D eigenvalue weighted by molar-refractivity contribution is 7.12. The fourth-order valence-corrected chi connectivity index (χ4v) is 5.15. The number of thiophene rings is 1. The van der Waals surface area contributed by atoms with Crippen LogP contribution in [0.15, 0.2) is 65.1 Å². The van der Waals surface area contributed by atoms with Crippen LogP contribution in [0.5, 0.6) is 5.75 Å². The van der Waals surface area contributed by atoms with Gasteiger partial charge in [-0.25, -0.2) is 5.01 Å². The normalized spacial score (nSPS) is 24.3. The lowest BCUT2D eigenvalue weighted by Crippen LogP contribution is -2.55. The summed E-state index contributed by atoms with van der Waals surface area (Å²) in [5, 5.41) is 12.3. The highest BCUT2D eigenvalue weighted by atomic mass is 35.5. The Morgan fingerprint density at radius 3 is 2.96 bits per heavy atom. The van der Waals surface area contributed by atoms with Gasteiger partial charge in [0.05, 0.1) is 27.9 Å². The number of carbonyl (C=O) groups is 1.